The molecule has 0 aromatic heterocycles. The van der Waals surface area contributed by atoms with E-state index in [1.165, 1.54) is 11.8 Å². The van der Waals surface area contributed by atoms with Gasteiger partial charge in [0.25, 0.3) is 0 Å². The molecule has 0 aliphatic carbocycles. The van der Waals surface area contributed by atoms with Crippen LogP contribution >= 0.6 is 46.6 Å². The van der Waals surface area contributed by atoms with E-state index in [1.807, 2.05) is 32.9 Å². The van der Waals surface area contributed by atoms with Crippen LogP contribution in [0.1, 0.15) is 38.8 Å². The van der Waals surface area contributed by atoms with Gasteiger partial charge in [0.1, 0.15) is 6.04 Å². The third-order valence-corrected chi connectivity index (χ3v) is 6.33. The summed E-state index contributed by atoms with van der Waals surface area (Å²) >= 11 is 20.0. The number of hydrogen-bond donors (Lipinski definition) is 1. The van der Waals surface area contributed by atoms with Crippen LogP contribution in [0.4, 0.5) is 0 Å². The number of hydrogen-bond acceptors (Lipinski definition) is 3. The quantitative estimate of drug-likeness (QED) is 0.468. The third kappa shape index (κ3) is 8.23. The number of amides is 2. The van der Waals surface area contributed by atoms with E-state index in [0.717, 1.165) is 11.1 Å². The topological polar surface area (TPSA) is 49.4 Å². The molecule has 2 amide bonds. The molecular weight excluding hydrogens is 475 g/mol. The van der Waals surface area contributed by atoms with Crippen molar-refractivity contribution in [2.45, 2.75) is 51.6 Å². The highest BCUT2D eigenvalue weighted by Gasteiger charge is 2.28. The Morgan fingerprint density at radius 2 is 1.68 bits per heavy atom. The molecule has 0 aliphatic rings. The van der Waals surface area contributed by atoms with Gasteiger partial charge in [-0.15, -0.1) is 11.8 Å². The summed E-state index contributed by atoms with van der Waals surface area (Å²) in [6.45, 7) is 7.74. The molecule has 0 bridgehead atoms. The number of carbonyl (C=O) groups excluding carboxylic acids is 2. The van der Waals surface area contributed by atoms with E-state index < -0.39 is 11.6 Å². The molecule has 0 saturated carbocycles. The number of nitrogens with zero attached hydrogens (tertiary/aromatic N) is 1. The first-order chi connectivity index (χ1) is 14.5. The molecule has 1 atom stereocenters. The summed E-state index contributed by atoms with van der Waals surface area (Å²) in [5, 5.41) is 4.67. The van der Waals surface area contributed by atoms with Crippen LogP contribution < -0.4 is 5.32 Å². The maximum Gasteiger partial charge on any atom is 0.242 e. The second-order valence-electron chi connectivity index (χ2n) is 8.26. The molecule has 168 valence electrons. The molecule has 0 saturated heterocycles. The van der Waals surface area contributed by atoms with Gasteiger partial charge in [0, 0.05) is 32.9 Å². The van der Waals surface area contributed by atoms with E-state index in [0.29, 0.717) is 20.8 Å². The number of rotatable bonds is 8. The van der Waals surface area contributed by atoms with Gasteiger partial charge in [-0.2, -0.15) is 0 Å². The van der Waals surface area contributed by atoms with Crippen LogP contribution in [-0.4, -0.2) is 34.0 Å². The van der Waals surface area contributed by atoms with Crippen molar-refractivity contribution in [1.29, 1.82) is 0 Å². The first kappa shape index (κ1) is 25.9. The Labute approximate surface area is 203 Å². The van der Waals surface area contributed by atoms with Crippen molar-refractivity contribution < 1.29 is 9.59 Å². The van der Waals surface area contributed by atoms with Gasteiger partial charge < -0.3 is 10.2 Å². The SMILES string of the molecule is C[C@H](C(=O)NC(C)(C)C)N(Cc1cccc(Cl)c1)C(=O)CSCc1c(Cl)cccc1Cl. The van der Waals surface area contributed by atoms with E-state index in [-0.39, 0.29) is 24.1 Å². The number of benzene rings is 2. The van der Waals surface area contributed by atoms with Crippen LogP contribution in [0.25, 0.3) is 0 Å². The minimum atomic E-state index is -0.643. The van der Waals surface area contributed by atoms with Crippen LogP contribution in [0.3, 0.4) is 0 Å². The molecule has 0 radical (unpaired) electrons. The Bertz CT molecular complexity index is 911. The van der Waals surface area contributed by atoms with Gasteiger partial charge in [0.05, 0.1) is 5.75 Å². The molecule has 8 heteroatoms. The van der Waals surface area contributed by atoms with Crippen molar-refractivity contribution in [1.82, 2.24) is 10.2 Å². The molecule has 0 fully saturated rings. The molecule has 2 rings (SSSR count). The lowest BCUT2D eigenvalue weighted by atomic mass is 10.1. The normalized spacial score (nSPS) is 12.4. The maximum atomic E-state index is 13.1. The first-order valence-corrected chi connectivity index (χ1v) is 12.1. The lowest BCUT2D eigenvalue weighted by molar-refractivity contribution is -0.139. The summed E-state index contributed by atoms with van der Waals surface area (Å²) < 4.78 is 0. The van der Waals surface area contributed by atoms with Crippen molar-refractivity contribution in [2.24, 2.45) is 0 Å². The van der Waals surface area contributed by atoms with Crippen LogP contribution in [0, 0.1) is 0 Å². The molecule has 4 nitrogen and oxygen atoms in total. The van der Waals surface area contributed by atoms with Gasteiger partial charge in [-0.1, -0.05) is 53.0 Å². The summed E-state index contributed by atoms with van der Waals surface area (Å²) in [6.07, 6.45) is 0. The molecule has 2 aromatic rings. The molecule has 0 unspecified atom stereocenters. The predicted octanol–water partition coefficient (Wildman–Crippen LogP) is 6.21. The highest BCUT2D eigenvalue weighted by atomic mass is 35.5. The Balaban J connectivity index is 2.14. The fourth-order valence-electron chi connectivity index (χ4n) is 2.88. The van der Waals surface area contributed by atoms with Crippen LogP contribution in [0.5, 0.6) is 0 Å². The van der Waals surface area contributed by atoms with E-state index >= 15 is 0 Å². The molecule has 2 aromatic carbocycles. The van der Waals surface area contributed by atoms with E-state index in [9.17, 15) is 9.59 Å². The minimum absolute atomic E-state index is 0.148. The first-order valence-electron chi connectivity index (χ1n) is 9.84. The highest BCUT2D eigenvalue weighted by molar-refractivity contribution is 7.99. The largest absolute Gasteiger partial charge is 0.350 e. The van der Waals surface area contributed by atoms with E-state index in [1.54, 1.807) is 42.2 Å². The number of thioether (sulfide) groups is 1. The summed E-state index contributed by atoms with van der Waals surface area (Å²) in [5.74, 6) is 0.333. The lowest BCUT2D eigenvalue weighted by Gasteiger charge is -2.31. The van der Waals surface area contributed by atoms with Gasteiger partial charge in [0.2, 0.25) is 11.8 Å². The van der Waals surface area contributed by atoms with Crippen LogP contribution in [-0.2, 0) is 21.9 Å². The summed E-state index contributed by atoms with van der Waals surface area (Å²) in [6, 6.07) is 12.0. The standard InChI is InChI=1S/C23H27Cl3N2O2S/c1-15(22(30)27-23(2,3)4)28(12-16-7-5-8-17(24)11-16)21(29)14-31-13-18-19(25)9-6-10-20(18)26/h5-11,15H,12-14H2,1-4H3,(H,27,30)/t15-/m1/s1. The van der Waals surface area contributed by atoms with Crippen molar-refractivity contribution >= 4 is 58.4 Å². The van der Waals surface area contributed by atoms with Gasteiger partial charge in [0.15, 0.2) is 0 Å². The summed E-state index contributed by atoms with van der Waals surface area (Å²) in [4.78, 5) is 27.5. The van der Waals surface area contributed by atoms with Crippen LogP contribution in [0.15, 0.2) is 42.5 Å². The summed E-state index contributed by atoms with van der Waals surface area (Å²) in [5.41, 5.74) is 1.25. The Hall–Kier alpha value is -1.40. The van der Waals surface area contributed by atoms with Crippen molar-refractivity contribution in [3.8, 4) is 0 Å². The fourth-order valence-corrected chi connectivity index (χ4v) is 4.74. The van der Waals surface area contributed by atoms with Gasteiger partial charge in [-0.25, -0.2) is 0 Å². The zero-order valence-corrected chi connectivity index (χ0v) is 21.1. The minimum Gasteiger partial charge on any atom is -0.350 e. The molecule has 0 spiro atoms. The van der Waals surface area contributed by atoms with Crippen molar-refractivity contribution in [3.05, 3.63) is 68.7 Å². The molecule has 1 N–H and O–H groups in total. The Morgan fingerprint density at radius 1 is 1.06 bits per heavy atom. The monoisotopic (exact) mass is 500 g/mol. The highest BCUT2D eigenvalue weighted by Crippen LogP contribution is 2.28. The smallest absolute Gasteiger partial charge is 0.242 e. The lowest BCUT2D eigenvalue weighted by Crippen LogP contribution is -2.52. The average Bonchev–Trinajstić information content (AvgIpc) is 2.66. The van der Waals surface area contributed by atoms with Gasteiger partial charge in [-0.05, 0) is 63.1 Å². The zero-order chi connectivity index (χ0) is 23.2. The fraction of sp³-hybridized carbons (Fsp3) is 0.391. The third-order valence-electron chi connectivity index (χ3n) is 4.44. The average molecular weight is 502 g/mol. The zero-order valence-electron chi connectivity index (χ0n) is 18.0. The summed E-state index contributed by atoms with van der Waals surface area (Å²) in [7, 11) is 0. The number of nitrogens with one attached hydrogen (secondary N) is 1. The molecular formula is C23H27Cl3N2O2S. The number of halogens is 3. The molecule has 0 aliphatic heterocycles. The predicted molar refractivity (Wildman–Crippen MR) is 132 cm³/mol. The van der Waals surface area contributed by atoms with Crippen molar-refractivity contribution in [3.63, 3.8) is 0 Å². The Morgan fingerprint density at radius 3 is 2.26 bits per heavy atom. The van der Waals surface area contributed by atoms with Crippen molar-refractivity contribution in [2.75, 3.05) is 5.75 Å². The number of carbonyl (C=O) groups is 2. The van der Waals surface area contributed by atoms with E-state index in [4.69, 9.17) is 34.8 Å². The van der Waals surface area contributed by atoms with E-state index in [2.05, 4.69) is 5.32 Å². The Kier molecular flexibility index (Phi) is 9.56. The molecule has 31 heavy (non-hydrogen) atoms. The van der Waals surface area contributed by atoms with Gasteiger partial charge >= 0.3 is 0 Å². The van der Waals surface area contributed by atoms with Gasteiger partial charge in [-0.3, -0.25) is 9.59 Å². The second kappa shape index (κ2) is 11.5. The maximum absolute atomic E-state index is 13.1. The van der Waals surface area contributed by atoms with Crippen LogP contribution in [0.2, 0.25) is 15.1 Å². The molecule has 0 heterocycles. The second-order valence-corrected chi connectivity index (χ2v) is 10.5.